The summed E-state index contributed by atoms with van der Waals surface area (Å²) in [4.78, 5) is 13.8. The molecule has 0 unspecified atom stereocenters. The summed E-state index contributed by atoms with van der Waals surface area (Å²) in [5.74, 6) is 0.374. The van der Waals surface area contributed by atoms with Gasteiger partial charge in [-0.05, 0) is 50.8 Å². The molecule has 1 aliphatic rings. The third kappa shape index (κ3) is 5.41. The standard InChI is InChI=1S/C15H21Cl2N5O.ClH/c1-15(2)21-13(18)20-14(19)22(15)23-8-4-3-5-10-6-7-11(16)12(17)9-10;/h6-7,9H,3-5,8H2,1-2H3,(H4,18,19,20,21);1H. The monoisotopic (exact) mass is 393 g/mol. The van der Waals surface area contributed by atoms with Gasteiger partial charge in [-0.2, -0.15) is 10.1 Å². The minimum atomic E-state index is -0.667. The molecule has 2 rings (SSSR count). The third-order valence-corrected chi connectivity index (χ3v) is 4.13. The summed E-state index contributed by atoms with van der Waals surface area (Å²) in [5.41, 5.74) is 11.9. The van der Waals surface area contributed by atoms with Crippen molar-refractivity contribution in [2.45, 2.75) is 38.8 Å². The van der Waals surface area contributed by atoms with E-state index in [9.17, 15) is 0 Å². The van der Waals surface area contributed by atoms with Crippen LogP contribution in [0.1, 0.15) is 32.3 Å². The van der Waals surface area contributed by atoms with E-state index in [1.807, 2.05) is 32.0 Å². The van der Waals surface area contributed by atoms with Gasteiger partial charge in [0, 0.05) is 0 Å². The van der Waals surface area contributed by atoms with Crippen molar-refractivity contribution < 1.29 is 4.84 Å². The normalized spacial score (nSPS) is 16.2. The Labute approximate surface area is 158 Å². The van der Waals surface area contributed by atoms with Crippen molar-refractivity contribution in [3.05, 3.63) is 33.8 Å². The highest BCUT2D eigenvalue weighted by Crippen LogP contribution is 2.23. The largest absolute Gasteiger partial charge is 0.368 e. The van der Waals surface area contributed by atoms with Gasteiger partial charge in [0.05, 0.1) is 16.7 Å². The molecule has 1 aromatic carbocycles. The lowest BCUT2D eigenvalue weighted by atomic mass is 10.1. The van der Waals surface area contributed by atoms with Gasteiger partial charge in [0.15, 0.2) is 5.66 Å². The first-order valence-electron chi connectivity index (χ1n) is 7.36. The zero-order valence-electron chi connectivity index (χ0n) is 13.6. The predicted molar refractivity (Wildman–Crippen MR) is 102 cm³/mol. The number of benzene rings is 1. The van der Waals surface area contributed by atoms with E-state index in [1.165, 1.54) is 5.06 Å². The molecule has 134 valence electrons. The molecule has 0 fully saturated rings. The first kappa shape index (κ1) is 20.8. The second kappa shape index (κ2) is 8.76. The van der Waals surface area contributed by atoms with Gasteiger partial charge in [-0.15, -0.1) is 12.4 Å². The molecule has 0 atom stereocenters. The number of halogens is 3. The number of rotatable bonds is 6. The second-order valence-corrected chi connectivity index (χ2v) is 6.58. The molecule has 0 aromatic heterocycles. The van der Waals surface area contributed by atoms with Crippen LogP contribution in [0, 0.1) is 0 Å². The van der Waals surface area contributed by atoms with Gasteiger partial charge in [0.25, 0.3) is 0 Å². The van der Waals surface area contributed by atoms with Crippen molar-refractivity contribution in [1.29, 1.82) is 0 Å². The van der Waals surface area contributed by atoms with E-state index in [4.69, 9.17) is 39.5 Å². The Morgan fingerprint density at radius 1 is 1.17 bits per heavy atom. The van der Waals surface area contributed by atoms with E-state index in [0.717, 1.165) is 24.8 Å². The van der Waals surface area contributed by atoms with Gasteiger partial charge < -0.3 is 11.5 Å². The molecule has 0 spiro atoms. The Bertz CT molecular complexity index is 634. The number of aryl methyl sites for hydroxylation is 1. The molecule has 4 N–H and O–H groups in total. The highest BCUT2D eigenvalue weighted by molar-refractivity contribution is 6.42. The fourth-order valence-corrected chi connectivity index (χ4v) is 2.62. The minimum absolute atomic E-state index is 0. The van der Waals surface area contributed by atoms with Crippen molar-refractivity contribution in [2.24, 2.45) is 21.5 Å². The average Bonchev–Trinajstić information content (AvgIpc) is 2.44. The summed E-state index contributed by atoms with van der Waals surface area (Å²) in [7, 11) is 0. The molecule has 0 bridgehead atoms. The van der Waals surface area contributed by atoms with Crippen LogP contribution < -0.4 is 11.5 Å². The molecule has 6 nitrogen and oxygen atoms in total. The quantitative estimate of drug-likeness (QED) is 0.724. The Balaban J connectivity index is 0.00000288. The van der Waals surface area contributed by atoms with Crippen LogP contribution in [0.25, 0.3) is 0 Å². The molecule has 0 saturated heterocycles. The fourth-order valence-electron chi connectivity index (χ4n) is 2.30. The lowest BCUT2D eigenvalue weighted by Crippen LogP contribution is -2.53. The van der Waals surface area contributed by atoms with Crippen LogP contribution in [-0.2, 0) is 11.3 Å². The van der Waals surface area contributed by atoms with Crippen LogP contribution in [0.3, 0.4) is 0 Å². The maximum atomic E-state index is 6.00. The molecule has 1 aliphatic heterocycles. The summed E-state index contributed by atoms with van der Waals surface area (Å²) < 4.78 is 0. The van der Waals surface area contributed by atoms with Crippen LogP contribution in [0.15, 0.2) is 28.2 Å². The van der Waals surface area contributed by atoms with Crippen LogP contribution in [0.4, 0.5) is 0 Å². The molecule has 0 radical (unpaired) electrons. The van der Waals surface area contributed by atoms with Crippen LogP contribution >= 0.6 is 35.6 Å². The Morgan fingerprint density at radius 3 is 2.50 bits per heavy atom. The summed E-state index contributed by atoms with van der Waals surface area (Å²) in [6, 6.07) is 5.68. The Kier molecular flexibility index (Phi) is 7.60. The molecule has 24 heavy (non-hydrogen) atoms. The van der Waals surface area contributed by atoms with Crippen molar-refractivity contribution >= 4 is 47.5 Å². The van der Waals surface area contributed by atoms with E-state index in [0.29, 0.717) is 16.7 Å². The number of hydrogen-bond donors (Lipinski definition) is 2. The molecule has 0 aliphatic carbocycles. The number of guanidine groups is 2. The smallest absolute Gasteiger partial charge is 0.226 e. The molecule has 9 heteroatoms. The third-order valence-electron chi connectivity index (χ3n) is 3.39. The van der Waals surface area contributed by atoms with E-state index >= 15 is 0 Å². The Hall–Kier alpha value is -1.21. The maximum absolute atomic E-state index is 6.00. The Morgan fingerprint density at radius 2 is 1.88 bits per heavy atom. The van der Waals surface area contributed by atoms with Gasteiger partial charge >= 0.3 is 0 Å². The average molecular weight is 395 g/mol. The zero-order valence-corrected chi connectivity index (χ0v) is 16.0. The SMILES string of the molecule is CC1(C)N=C(N)N=C(N)N1OCCCCc1ccc(Cl)c(Cl)c1.Cl. The zero-order chi connectivity index (χ0) is 17.0. The lowest BCUT2D eigenvalue weighted by molar-refractivity contribution is -0.157. The summed E-state index contributed by atoms with van der Waals surface area (Å²) in [6.07, 6.45) is 2.71. The molecular formula is C15H22Cl3N5O. The number of hydroxylamine groups is 2. The fraction of sp³-hybridized carbons (Fsp3) is 0.467. The van der Waals surface area contributed by atoms with Gasteiger partial charge in [0.1, 0.15) is 0 Å². The predicted octanol–water partition coefficient (Wildman–Crippen LogP) is 3.35. The van der Waals surface area contributed by atoms with Crippen molar-refractivity contribution in [3.8, 4) is 0 Å². The van der Waals surface area contributed by atoms with Crippen molar-refractivity contribution in [1.82, 2.24) is 5.06 Å². The molecular weight excluding hydrogens is 373 g/mol. The van der Waals surface area contributed by atoms with Crippen LogP contribution in [-0.4, -0.2) is 29.3 Å². The van der Waals surface area contributed by atoms with Gasteiger partial charge in [-0.1, -0.05) is 29.3 Å². The first-order valence-corrected chi connectivity index (χ1v) is 8.12. The lowest BCUT2D eigenvalue weighted by Gasteiger charge is -2.36. The second-order valence-electron chi connectivity index (χ2n) is 5.77. The van der Waals surface area contributed by atoms with Crippen LogP contribution in [0.2, 0.25) is 10.0 Å². The van der Waals surface area contributed by atoms with E-state index in [2.05, 4.69) is 9.98 Å². The number of unbranched alkanes of at least 4 members (excludes halogenated alkanes) is 1. The molecule has 0 amide bonds. The minimum Gasteiger partial charge on any atom is -0.368 e. The summed E-state index contributed by atoms with van der Waals surface area (Å²) >= 11 is 11.9. The number of hydrogen-bond acceptors (Lipinski definition) is 6. The first-order chi connectivity index (χ1) is 10.8. The van der Waals surface area contributed by atoms with Gasteiger partial charge in [-0.3, -0.25) is 4.84 Å². The number of nitrogens with two attached hydrogens (primary N) is 2. The molecule has 1 heterocycles. The van der Waals surface area contributed by atoms with Gasteiger partial charge in [-0.25, -0.2) is 4.99 Å². The van der Waals surface area contributed by atoms with Gasteiger partial charge in [0.2, 0.25) is 11.9 Å². The van der Waals surface area contributed by atoms with Crippen molar-refractivity contribution in [3.63, 3.8) is 0 Å². The molecule has 1 aromatic rings. The van der Waals surface area contributed by atoms with E-state index in [-0.39, 0.29) is 24.3 Å². The number of aliphatic imine (C=N–C) groups is 2. The van der Waals surface area contributed by atoms with Crippen molar-refractivity contribution in [2.75, 3.05) is 6.61 Å². The molecule has 0 saturated carbocycles. The number of nitrogens with zero attached hydrogens (tertiary/aromatic N) is 3. The topological polar surface area (TPSA) is 89.2 Å². The summed E-state index contributed by atoms with van der Waals surface area (Å²) in [6.45, 7) is 4.23. The van der Waals surface area contributed by atoms with Crippen LogP contribution in [0.5, 0.6) is 0 Å². The maximum Gasteiger partial charge on any atom is 0.226 e. The summed E-state index contributed by atoms with van der Waals surface area (Å²) in [5, 5.41) is 2.64. The van der Waals surface area contributed by atoms with E-state index in [1.54, 1.807) is 0 Å². The van der Waals surface area contributed by atoms with E-state index < -0.39 is 5.66 Å². The highest BCUT2D eigenvalue weighted by Gasteiger charge is 2.32. The highest BCUT2D eigenvalue weighted by atomic mass is 35.5.